The summed E-state index contributed by atoms with van der Waals surface area (Å²) in [5.41, 5.74) is 0.299. The van der Waals surface area contributed by atoms with Gasteiger partial charge in [0.2, 0.25) is 5.91 Å². The summed E-state index contributed by atoms with van der Waals surface area (Å²) < 4.78 is 5.42. The molecule has 6 fully saturated rings. The lowest BCUT2D eigenvalue weighted by Gasteiger charge is -2.56. The van der Waals surface area contributed by atoms with Gasteiger partial charge in [-0.2, -0.15) is 0 Å². The van der Waals surface area contributed by atoms with Gasteiger partial charge in [0.25, 0.3) is 0 Å². The highest BCUT2D eigenvalue weighted by molar-refractivity contribution is 5.77. The van der Waals surface area contributed by atoms with Gasteiger partial charge in [0, 0.05) is 32.6 Å². The Morgan fingerprint density at radius 1 is 1.00 bits per heavy atom. The minimum Gasteiger partial charge on any atom is -0.390 e. The summed E-state index contributed by atoms with van der Waals surface area (Å²) in [5, 5.41) is 10.5. The molecule has 0 aromatic heterocycles. The van der Waals surface area contributed by atoms with Crippen LogP contribution in [0.15, 0.2) is 0 Å². The molecule has 5 nitrogen and oxygen atoms in total. The summed E-state index contributed by atoms with van der Waals surface area (Å²) in [6, 6.07) is 0.101. The third-order valence-electron chi connectivity index (χ3n) is 7.82. The van der Waals surface area contributed by atoms with Crippen molar-refractivity contribution in [1.82, 2.24) is 9.80 Å². The molecular weight excluding hydrogens is 316 g/mol. The molecule has 5 heteroatoms. The van der Waals surface area contributed by atoms with Crippen molar-refractivity contribution in [3.63, 3.8) is 0 Å². The number of hydrogen-bond acceptors (Lipinski definition) is 4. The summed E-state index contributed by atoms with van der Waals surface area (Å²) in [6.45, 7) is 4.45. The molecule has 4 aliphatic carbocycles. The Morgan fingerprint density at radius 2 is 1.60 bits per heavy atom. The molecule has 2 aliphatic heterocycles. The fourth-order valence-corrected chi connectivity index (χ4v) is 7.18. The highest BCUT2D eigenvalue weighted by Gasteiger charge is 2.52. The van der Waals surface area contributed by atoms with Crippen molar-refractivity contribution in [2.24, 2.45) is 23.2 Å². The average Bonchev–Trinajstić information content (AvgIpc) is 2.96. The lowest BCUT2D eigenvalue weighted by atomic mass is 9.49. The molecule has 2 heterocycles. The first-order chi connectivity index (χ1) is 12.1. The fourth-order valence-electron chi connectivity index (χ4n) is 7.18. The van der Waals surface area contributed by atoms with Gasteiger partial charge in [0.15, 0.2) is 0 Å². The molecule has 1 N–H and O–H groups in total. The van der Waals surface area contributed by atoms with Crippen LogP contribution < -0.4 is 0 Å². The van der Waals surface area contributed by atoms with E-state index in [-0.39, 0.29) is 6.04 Å². The van der Waals surface area contributed by atoms with Crippen LogP contribution in [0.4, 0.5) is 0 Å². The van der Waals surface area contributed by atoms with Crippen LogP contribution in [0.25, 0.3) is 0 Å². The lowest BCUT2D eigenvalue weighted by molar-refractivity contribution is -0.139. The molecule has 0 unspecified atom stereocenters. The molecule has 2 atom stereocenters. The van der Waals surface area contributed by atoms with Crippen molar-refractivity contribution in [3.8, 4) is 0 Å². The number of morpholine rings is 1. The largest absolute Gasteiger partial charge is 0.390 e. The van der Waals surface area contributed by atoms with Gasteiger partial charge < -0.3 is 14.7 Å². The highest BCUT2D eigenvalue weighted by Crippen LogP contribution is 2.61. The molecular formula is C20H32N2O3. The van der Waals surface area contributed by atoms with Gasteiger partial charge in [0.1, 0.15) is 0 Å². The Bertz CT molecular complexity index is 496. The van der Waals surface area contributed by atoms with E-state index in [1.165, 1.54) is 38.5 Å². The maximum Gasteiger partial charge on any atom is 0.223 e. The Morgan fingerprint density at radius 3 is 2.20 bits per heavy atom. The number of nitrogens with zero attached hydrogens (tertiary/aromatic N) is 2. The third-order valence-corrected chi connectivity index (χ3v) is 7.82. The Kier molecular flexibility index (Phi) is 4.10. The first-order valence-electron chi connectivity index (χ1n) is 10.4. The number of β-amino-alcohol motifs (C(OH)–C–C–N with tert-alkyl or cyclic N) is 1. The van der Waals surface area contributed by atoms with Gasteiger partial charge in [-0.1, -0.05) is 0 Å². The van der Waals surface area contributed by atoms with Gasteiger partial charge in [-0.25, -0.2) is 0 Å². The quantitative estimate of drug-likeness (QED) is 0.840. The second kappa shape index (κ2) is 6.21. The second-order valence-electron chi connectivity index (χ2n) is 9.68. The number of ether oxygens (including phenoxy) is 1. The first-order valence-corrected chi connectivity index (χ1v) is 10.4. The van der Waals surface area contributed by atoms with Crippen LogP contribution in [0.2, 0.25) is 0 Å². The van der Waals surface area contributed by atoms with E-state index in [1.54, 1.807) is 0 Å². The topological polar surface area (TPSA) is 53.0 Å². The summed E-state index contributed by atoms with van der Waals surface area (Å²) >= 11 is 0. The number of amides is 1. The van der Waals surface area contributed by atoms with Gasteiger partial charge >= 0.3 is 0 Å². The van der Waals surface area contributed by atoms with E-state index in [9.17, 15) is 9.90 Å². The number of rotatable bonds is 3. The van der Waals surface area contributed by atoms with E-state index in [2.05, 4.69) is 4.90 Å². The van der Waals surface area contributed by atoms with Crippen LogP contribution in [0, 0.1) is 23.2 Å². The number of likely N-dealkylation sites (tertiary alicyclic amines) is 1. The third kappa shape index (κ3) is 3.02. The van der Waals surface area contributed by atoms with Crippen LogP contribution in [-0.2, 0) is 9.53 Å². The van der Waals surface area contributed by atoms with E-state index in [0.717, 1.165) is 50.5 Å². The number of aliphatic hydroxyl groups is 1. The maximum absolute atomic E-state index is 13.1. The monoisotopic (exact) mass is 348 g/mol. The van der Waals surface area contributed by atoms with Crippen molar-refractivity contribution >= 4 is 5.91 Å². The summed E-state index contributed by atoms with van der Waals surface area (Å²) in [5.74, 6) is 2.98. The van der Waals surface area contributed by atoms with E-state index >= 15 is 0 Å². The second-order valence-corrected chi connectivity index (χ2v) is 9.68. The Labute approximate surface area is 150 Å². The minimum atomic E-state index is -0.404. The predicted molar refractivity (Wildman–Crippen MR) is 94.0 cm³/mol. The van der Waals surface area contributed by atoms with Crippen molar-refractivity contribution in [3.05, 3.63) is 0 Å². The highest BCUT2D eigenvalue weighted by atomic mass is 16.5. The first kappa shape index (κ1) is 16.5. The zero-order valence-corrected chi connectivity index (χ0v) is 15.2. The zero-order chi connectivity index (χ0) is 17.0. The molecule has 0 radical (unpaired) electrons. The molecule has 2 saturated heterocycles. The molecule has 4 bridgehead atoms. The van der Waals surface area contributed by atoms with Gasteiger partial charge in [-0.15, -0.1) is 0 Å². The standard InChI is InChI=1S/C20H32N2O3/c23-18-13-22(12-17(18)21-1-3-25-4-2-21)19(24)11-20-8-14-5-15(9-20)7-16(6-14)10-20/h14-18,23H,1-13H2/t14?,15?,16?,17-,18-,20?/m0/s1. The van der Waals surface area contributed by atoms with Crippen LogP contribution in [0.5, 0.6) is 0 Å². The van der Waals surface area contributed by atoms with Crippen LogP contribution in [-0.4, -0.2) is 72.4 Å². The SMILES string of the molecule is O=C(CC12CC3CC(CC(C3)C1)C2)N1C[C@H](O)[C@@H](N2CCOCC2)C1. The van der Waals surface area contributed by atoms with Crippen molar-refractivity contribution in [1.29, 1.82) is 0 Å². The minimum absolute atomic E-state index is 0.101. The molecule has 0 aromatic rings. The molecule has 25 heavy (non-hydrogen) atoms. The molecule has 0 spiro atoms. The van der Waals surface area contributed by atoms with E-state index in [1.807, 2.05) is 4.90 Å². The Balaban J connectivity index is 1.23. The average molecular weight is 348 g/mol. The van der Waals surface area contributed by atoms with Crippen LogP contribution in [0.3, 0.4) is 0 Å². The van der Waals surface area contributed by atoms with Crippen LogP contribution in [0.1, 0.15) is 44.9 Å². The van der Waals surface area contributed by atoms with Crippen molar-refractivity contribution in [2.75, 3.05) is 39.4 Å². The molecule has 140 valence electrons. The Hall–Kier alpha value is -0.650. The zero-order valence-electron chi connectivity index (χ0n) is 15.2. The molecule has 1 amide bonds. The van der Waals surface area contributed by atoms with Crippen molar-refractivity contribution < 1.29 is 14.6 Å². The summed E-state index contributed by atoms with van der Waals surface area (Å²) in [6.07, 6.45) is 8.46. The maximum atomic E-state index is 13.1. The molecule has 0 aromatic carbocycles. The smallest absolute Gasteiger partial charge is 0.223 e. The van der Waals surface area contributed by atoms with Crippen LogP contribution >= 0.6 is 0 Å². The molecule has 4 saturated carbocycles. The van der Waals surface area contributed by atoms with E-state index in [0.29, 0.717) is 24.4 Å². The molecule has 6 rings (SSSR count). The number of aliphatic hydroxyl groups excluding tert-OH is 1. The van der Waals surface area contributed by atoms with E-state index in [4.69, 9.17) is 4.74 Å². The summed E-state index contributed by atoms with van der Waals surface area (Å²) in [4.78, 5) is 17.3. The number of carbonyl (C=O) groups is 1. The predicted octanol–water partition coefficient (Wildman–Crippen LogP) is 1.50. The van der Waals surface area contributed by atoms with Gasteiger partial charge in [0.05, 0.1) is 25.4 Å². The fraction of sp³-hybridized carbons (Fsp3) is 0.950. The molecule has 6 aliphatic rings. The normalized spacial score (nSPS) is 46.8. The van der Waals surface area contributed by atoms with Crippen molar-refractivity contribution in [2.45, 2.75) is 57.1 Å². The van der Waals surface area contributed by atoms with Gasteiger partial charge in [-0.05, 0) is 61.7 Å². The summed E-state index contributed by atoms with van der Waals surface area (Å²) in [7, 11) is 0. The van der Waals surface area contributed by atoms with Gasteiger partial charge in [-0.3, -0.25) is 9.69 Å². The number of hydrogen-bond donors (Lipinski definition) is 1. The number of carbonyl (C=O) groups excluding carboxylic acids is 1. The van der Waals surface area contributed by atoms with E-state index < -0.39 is 6.10 Å². The lowest BCUT2D eigenvalue weighted by Crippen LogP contribution is -2.49.